The molecule has 0 heterocycles. The molecule has 0 aromatic carbocycles. The summed E-state index contributed by atoms with van der Waals surface area (Å²) < 4.78 is 16.7. The van der Waals surface area contributed by atoms with E-state index in [0.717, 1.165) is 116 Å². The third-order valence-electron chi connectivity index (χ3n) is 10.7. The monoisotopic (exact) mass is 913 g/mol. The Balaban J connectivity index is 4.43. The van der Waals surface area contributed by atoms with Crippen LogP contribution in [-0.4, -0.2) is 37.2 Å². The van der Waals surface area contributed by atoms with Gasteiger partial charge in [-0.3, -0.25) is 14.4 Å². The first kappa shape index (κ1) is 61.8. The molecule has 0 bridgehead atoms. The largest absolute Gasteiger partial charge is 0.462 e. The zero-order valence-electron chi connectivity index (χ0n) is 42.4. The fourth-order valence-corrected chi connectivity index (χ4v) is 6.77. The molecule has 0 saturated heterocycles. The molecule has 0 amide bonds. The van der Waals surface area contributed by atoms with E-state index >= 15 is 0 Å². The molecule has 0 saturated carbocycles. The molecule has 0 rings (SSSR count). The highest BCUT2D eigenvalue weighted by Gasteiger charge is 2.19. The average molecular weight is 913 g/mol. The van der Waals surface area contributed by atoms with Crippen molar-refractivity contribution in [2.24, 2.45) is 0 Å². The molecule has 0 aromatic rings. The topological polar surface area (TPSA) is 78.9 Å². The highest BCUT2D eigenvalue weighted by Crippen LogP contribution is 2.13. The first-order valence-corrected chi connectivity index (χ1v) is 26.5. The van der Waals surface area contributed by atoms with E-state index in [1.54, 1.807) is 0 Å². The third kappa shape index (κ3) is 50.8. The zero-order valence-corrected chi connectivity index (χ0v) is 42.4. The van der Waals surface area contributed by atoms with Gasteiger partial charge < -0.3 is 14.2 Å². The minimum atomic E-state index is -0.826. The van der Waals surface area contributed by atoms with Crippen molar-refractivity contribution in [3.8, 4) is 0 Å². The van der Waals surface area contributed by atoms with Crippen LogP contribution in [0.1, 0.15) is 220 Å². The second kappa shape index (κ2) is 53.4. The van der Waals surface area contributed by atoms with Crippen molar-refractivity contribution < 1.29 is 28.6 Å². The predicted molar refractivity (Wildman–Crippen MR) is 283 cm³/mol. The van der Waals surface area contributed by atoms with E-state index in [1.807, 2.05) is 12.2 Å². The van der Waals surface area contributed by atoms with Crippen LogP contribution in [-0.2, 0) is 28.6 Å². The van der Waals surface area contributed by atoms with Crippen LogP contribution >= 0.6 is 0 Å². The minimum Gasteiger partial charge on any atom is -0.462 e. The summed E-state index contributed by atoms with van der Waals surface area (Å²) in [6.45, 7) is 6.29. The molecule has 6 heteroatoms. The Bertz CT molecular complexity index is 1420. The van der Waals surface area contributed by atoms with Crippen molar-refractivity contribution in [1.82, 2.24) is 0 Å². The maximum absolute atomic E-state index is 12.7. The Morgan fingerprint density at radius 1 is 0.318 bits per heavy atom. The van der Waals surface area contributed by atoms with Crippen molar-refractivity contribution in [3.63, 3.8) is 0 Å². The minimum absolute atomic E-state index is 0.118. The lowest BCUT2D eigenvalue weighted by Gasteiger charge is -2.18. The van der Waals surface area contributed by atoms with Gasteiger partial charge in [-0.25, -0.2) is 0 Å². The predicted octanol–water partition coefficient (Wildman–Crippen LogP) is 17.7. The maximum atomic E-state index is 12.7. The number of esters is 3. The van der Waals surface area contributed by atoms with Gasteiger partial charge in [0, 0.05) is 19.3 Å². The molecule has 0 radical (unpaired) electrons. The van der Waals surface area contributed by atoms with Gasteiger partial charge >= 0.3 is 17.9 Å². The van der Waals surface area contributed by atoms with Gasteiger partial charge in [0.05, 0.1) is 0 Å². The Morgan fingerprint density at radius 3 is 1.00 bits per heavy atom. The molecule has 0 spiro atoms. The number of carbonyl (C=O) groups excluding carboxylic acids is 3. The van der Waals surface area contributed by atoms with Crippen molar-refractivity contribution in [2.45, 2.75) is 226 Å². The van der Waals surface area contributed by atoms with E-state index in [-0.39, 0.29) is 31.6 Å². The SMILES string of the molecule is CC/C=C\C/C=C\C/C=C\C/C=C\C/C=C\CCCCCCCCCC(=O)OCC(COC(=O)CCCCCCC/C=C\CCCCC)OC(=O)CC/C=C\C/C=C\C/C=C\C/C=C\CC. The molecule has 1 unspecified atom stereocenters. The summed E-state index contributed by atoms with van der Waals surface area (Å²) in [5.41, 5.74) is 0. The van der Waals surface area contributed by atoms with Crippen molar-refractivity contribution >= 4 is 17.9 Å². The van der Waals surface area contributed by atoms with Crippen LogP contribution in [0.25, 0.3) is 0 Å². The van der Waals surface area contributed by atoms with Crippen LogP contribution in [0.15, 0.2) is 122 Å². The molecule has 0 aliphatic heterocycles. The van der Waals surface area contributed by atoms with E-state index in [0.29, 0.717) is 19.3 Å². The smallest absolute Gasteiger partial charge is 0.306 e. The maximum Gasteiger partial charge on any atom is 0.306 e. The molecule has 0 aliphatic rings. The van der Waals surface area contributed by atoms with E-state index in [9.17, 15) is 14.4 Å². The van der Waals surface area contributed by atoms with Gasteiger partial charge in [0.15, 0.2) is 6.10 Å². The lowest BCUT2D eigenvalue weighted by molar-refractivity contribution is -0.166. The molecule has 0 aromatic heterocycles. The van der Waals surface area contributed by atoms with Gasteiger partial charge in [-0.2, -0.15) is 0 Å². The first-order valence-electron chi connectivity index (χ1n) is 26.5. The van der Waals surface area contributed by atoms with Gasteiger partial charge in [0.2, 0.25) is 0 Å². The van der Waals surface area contributed by atoms with E-state index in [2.05, 4.69) is 130 Å². The van der Waals surface area contributed by atoms with Crippen molar-refractivity contribution in [2.75, 3.05) is 13.2 Å². The molecule has 0 N–H and O–H groups in total. The van der Waals surface area contributed by atoms with Gasteiger partial charge in [-0.15, -0.1) is 0 Å². The summed E-state index contributed by atoms with van der Waals surface area (Å²) in [6, 6.07) is 0. The second-order valence-corrected chi connectivity index (χ2v) is 17.0. The first-order chi connectivity index (χ1) is 32.5. The van der Waals surface area contributed by atoms with Gasteiger partial charge in [0.1, 0.15) is 13.2 Å². The number of allylic oxidation sites excluding steroid dienone is 20. The van der Waals surface area contributed by atoms with Gasteiger partial charge in [-0.1, -0.05) is 206 Å². The number of rotatable bonds is 46. The standard InChI is InChI=1S/C60H96O6/c1-4-7-10-13-16-19-22-25-26-27-28-29-30-31-32-33-34-36-38-41-44-47-50-53-59(62)65-56-57(55-64-58(61)52-49-46-43-40-37-24-21-18-15-12-9-6-3)66-60(63)54-51-48-45-42-39-35-23-20-17-14-11-8-5-2/h7-8,10-11,16-21,25-26,28-29,31-32,35,39,45,48,57H,4-6,9,12-15,22-24,27,30,33-34,36-38,40-44,46-47,49-56H2,1-3H3/b10-7-,11-8-,19-16-,20-17-,21-18-,26-25-,29-28-,32-31-,39-35-,48-45-. The molecule has 0 fully saturated rings. The summed E-state index contributed by atoms with van der Waals surface area (Å²) >= 11 is 0. The van der Waals surface area contributed by atoms with E-state index in [4.69, 9.17) is 14.2 Å². The quantitative estimate of drug-likeness (QED) is 0.0262. The summed E-state index contributed by atoms with van der Waals surface area (Å²) in [5, 5.41) is 0. The number of unbranched alkanes of at least 4 members (excludes halogenated alkanes) is 15. The molecule has 6 nitrogen and oxygen atoms in total. The third-order valence-corrected chi connectivity index (χ3v) is 10.7. The Morgan fingerprint density at radius 2 is 0.621 bits per heavy atom. The van der Waals surface area contributed by atoms with Crippen LogP contribution in [0.5, 0.6) is 0 Å². The Kier molecular flexibility index (Phi) is 50.0. The van der Waals surface area contributed by atoms with Crippen LogP contribution in [0, 0.1) is 0 Å². The number of hydrogen-bond donors (Lipinski definition) is 0. The molecule has 1 atom stereocenters. The highest BCUT2D eigenvalue weighted by molar-refractivity contribution is 5.71. The number of carbonyl (C=O) groups is 3. The second-order valence-electron chi connectivity index (χ2n) is 17.0. The van der Waals surface area contributed by atoms with Gasteiger partial charge in [0.25, 0.3) is 0 Å². The average Bonchev–Trinajstić information content (AvgIpc) is 3.31. The lowest BCUT2D eigenvalue weighted by atomic mass is 10.1. The molecule has 0 aliphatic carbocycles. The van der Waals surface area contributed by atoms with E-state index in [1.165, 1.54) is 57.8 Å². The van der Waals surface area contributed by atoms with Crippen LogP contribution in [0.3, 0.4) is 0 Å². The number of ether oxygens (including phenoxy) is 3. The van der Waals surface area contributed by atoms with Crippen LogP contribution < -0.4 is 0 Å². The summed E-state index contributed by atoms with van der Waals surface area (Å²) in [4.78, 5) is 37.9. The molecular weight excluding hydrogens is 817 g/mol. The normalized spacial score (nSPS) is 13.1. The van der Waals surface area contributed by atoms with Crippen molar-refractivity contribution in [3.05, 3.63) is 122 Å². The summed E-state index contributed by atoms with van der Waals surface area (Å²) in [5.74, 6) is -1.03. The molecular formula is C60H96O6. The number of hydrogen-bond acceptors (Lipinski definition) is 6. The summed E-state index contributed by atoms with van der Waals surface area (Å²) in [6.07, 6.45) is 73.4. The zero-order chi connectivity index (χ0) is 47.9. The molecule has 66 heavy (non-hydrogen) atoms. The van der Waals surface area contributed by atoms with Gasteiger partial charge in [-0.05, 0) is 116 Å². The molecule has 372 valence electrons. The van der Waals surface area contributed by atoms with Crippen LogP contribution in [0.4, 0.5) is 0 Å². The fourth-order valence-electron chi connectivity index (χ4n) is 6.77. The van der Waals surface area contributed by atoms with Crippen LogP contribution in [0.2, 0.25) is 0 Å². The highest BCUT2D eigenvalue weighted by atomic mass is 16.6. The fraction of sp³-hybridized carbons (Fsp3) is 0.617. The summed E-state index contributed by atoms with van der Waals surface area (Å²) in [7, 11) is 0. The van der Waals surface area contributed by atoms with Crippen molar-refractivity contribution in [1.29, 1.82) is 0 Å². The lowest BCUT2D eigenvalue weighted by Crippen LogP contribution is -2.30. The van der Waals surface area contributed by atoms with E-state index < -0.39 is 12.1 Å². The Hall–Kier alpha value is -4.19. The Labute approximate surface area is 405 Å².